The molecule has 0 aliphatic carbocycles. The Balaban J connectivity index is 2.45. The predicted molar refractivity (Wildman–Crippen MR) is 118 cm³/mol. The Hall–Kier alpha value is -4.22. The summed E-state index contributed by atoms with van der Waals surface area (Å²) in [6.45, 7) is 1.94. The average Bonchev–Trinajstić information content (AvgIpc) is 2.77. The maximum atomic E-state index is 13.0. The van der Waals surface area contributed by atoms with E-state index in [4.69, 9.17) is 0 Å². The summed E-state index contributed by atoms with van der Waals surface area (Å²) in [7, 11) is 0. The van der Waals surface area contributed by atoms with Crippen molar-refractivity contribution in [2.24, 2.45) is 0 Å². The lowest BCUT2D eigenvalue weighted by Gasteiger charge is -2.30. The number of phenols is 1. The van der Waals surface area contributed by atoms with Crippen LogP contribution in [-0.4, -0.2) is 43.0 Å². The number of nitrogens with one attached hydrogen (secondary N) is 1. The van der Waals surface area contributed by atoms with Gasteiger partial charge in [-0.2, -0.15) is 0 Å². The molecular weight excluding hydrogens is 436 g/mol. The van der Waals surface area contributed by atoms with Gasteiger partial charge in [-0.25, -0.2) is 9.80 Å². The van der Waals surface area contributed by atoms with Crippen molar-refractivity contribution in [3.8, 4) is 5.75 Å². The molecule has 12 nitrogen and oxygen atoms in total. The number of unbranched alkanes of at least 4 members (excludes halogenated alkanes) is 2. The van der Waals surface area contributed by atoms with Gasteiger partial charge in [-0.1, -0.05) is 31.9 Å². The second kappa shape index (κ2) is 11.4. The van der Waals surface area contributed by atoms with Gasteiger partial charge in [-0.05, 0) is 30.2 Å². The molecule has 0 aromatic heterocycles. The molecule has 0 unspecified atom stereocenters. The minimum Gasteiger partial charge on any atom is -0.508 e. The molecule has 0 saturated heterocycles. The normalized spacial score (nSPS) is 11.4. The van der Waals surface area contributed by atoms with Crippen LogP contribution < -0.4 is 5.43 Å². The minimum atomic E-state index is -1.45. The number of amides is 1. The number of hydrazine groups is 1. The molecule has 0 radical (unpaired) electrons. The molecule has 2 rings (SSSR count). The SMILES string of the molecule is CCCCCC(=O)N(Nc1ccc([N+](=O)[O-])cc1[N+](=O)[O-])[C@@H](Cc1ccc(O)cc1)C(=O)O. The number of phenolic OH excluding ortho intramolecular Hbond substituents is 1. The summed E-state index contributed by atoms with van der Waals surface area (Å²) in [4.78, 5) is 45.9. The molecule has 33 heavy (non-hydrogen) atoms. The number of carboxylic acid groups (broad SMARTS) is 1. The van der Waals surface area contributed by atoms with Crippen LogP contribution in [0.5, 0.6) is 5.75 Å². The van der Waals surface area contributed by atoms with Crippen LogP contribution in [0.1, 0.15) is 38.2 Å². The Morgan fingerprint density at radius 1 is 1.06 bits per heavy atom. The Labute approximate surface area is 188 Å². The largest absolute Gasteiger partial charge is 0.508 e. The van der Waals surface area contributed by atoms with Crippen molar-refractivity contribution in [3.05, 3.63) is 68.3 Å². The molecule has 1 amide bonds. The van der Waals surface area contributed by atoms with Crippen molar-refractivity contribution in [2.45, 2.75) is 45.1 Å². The van der Waals surface area contributed by atoms with Crippen LogP contribution in [0.2, 0.25) is 0 Å². The van der Waals surface area contributed by atoms with E-state index in [0.29, 0.717) is 12.0 Å². The number of carbonyl (C=O) groups excluding carboxylic acids is 1. The van der Waals surface area contributed by atoms with Crippen molar-refractivity contribution in [2.75, 3.05) is 5.43 Å². The van der Waals surface area contributed by atoms with Crippen LogP contribution >= 0.6 is 0 Å². The number of benzene rings is 2. The molecule has 2 aromatic carbocycles. The third-order valence-electron chi connectivity index (χ3n) is 4.85. The highest BCUT2D eigenvalue weighted by Gasteiger charge is 2.32. The molecule has 0 spiro atoms. The molecule has 0 fully saturated rings. The van der Waals surface area contributed by atoms with Gasteiger partial charge >= 0.3 is 11.7 Å². The fraction of sp³-hybridized carbons (Fsp3) is 0.333. The molecule has 0 bridgehead atoms. The van der Waals surface area contributed by atoms with Gasteiger partial charge in [0.1, 0.15) is 11.4 Å². The topological polar surface area (TPSA) is 176 Å². The number of aliphatic carboxylic acids is 1. The molecule has 0 heterocycles. The van der Waals surface area contributed by atoms with E-state index in [1.165, 1.54) is 24.3 Å². The lowest BCUT2D eigenvalue weighted by atomic mass is 10.0. The van der Waals surface area contributed by atoms with Gasteiger partial charge in [0.2, 0.25) is 5.91 Å². The fourth-order valence-corrected chi connectivity index (χ4v) is 3.11. The van der Waals surface area contributed by atoms with Crippen molar-refractivity contribution >= 4 is 28.9 Å². The number of carbonyl (C=O) groups is 2. The summed E-state index contributed by atoms with van der Waals surface area (Å²) in [5.41, 5.74) is 1.57. The maximum Gasteiger partial charge on any atom is 0.328 e. The van der Waals surface area contributed by atoms with Gasteiger partial charge < -0.3 is 10.2 Å². The first-order valence-electron chi connectivity index (χ1n) is 10.2. The number of hydrogen-bond donors (Lipinski definition) is 3. The molecule has 2 aromatic rings. The first kappa shape index (κ1) is 25.0. The van der Waals surface area contributed by atoms with Gasteiger partial charge in [-0.3, -0.25) is 30.4 Å². The van der Waals surface area contributed by atoms with Crippen LogP contribution in [0.3, 0.4) is 0 Å². The predicted octanol–water partition coefficient (Wildman–Crippen LogP) is 3.64. The average molecular weight is 460 g/mol. The third-order valence-corrected chi connectivity index (χ3v) is 4.85. The molecule has 176 valence electrons. The monoisotopic (exact) mass is 460 g/mol. The number of carboxylic acids is 1. The zero-order chi connectivity index (χ0) is 24.5. The number of non-ortho nitro benzene ring substituents is 1. The first-order chi connectivity index (χ1) is 15.6. The quantitative estimate of drug-likeness (QED) is 0.242. The molecule has 3 N–H and O–H groups in total. The minimum absolute atomic E-state index is 0.000969. The first-order valence-corrected chi connectivity index (χ1v) is 10.2. The molecule has 0 saturated carbocycles. The van der Waals surface area contributed by atoms with E-state index >= 15 is 0 Å². The molecule has 0 aliphatic rings. The summed E-state index contributed by atoms with van der Waals surface area (Å²) in [5.74, 6) is -1.97. The Morgan fingerprint density at radius 2 is 1.73 bits per heavy atom. The second-order valence-electron chi connectivity index (χ2n) is 7.27. The van der Waals surface area contributed by atoms with Gasteiger partial charge in [0.15, 0.2) is 6.04 Å². The summed E-state index contributed by atoms with van der Waals surface area (Å²) < 4.78 is 0. The lowest BCUT2D eigenvalue weighted by Crippen LogP contribution is -2.49. The third kappa shape index (κ3) is 6.89. The highest BCUT2D eigenvalue weighted by Crippen LogP contribution is 2.30. The van der Waals surface area contributed by atoms with E-state index in [-0.39, 0.29) is 24.3 Å². The highest BCUT2D eigenvalue weighted by molar-refractivity contribution is 5.85. The Morgan fingerprint density at radius 3 is 2.27 bits per heavy atom. The fourth-order valence-electron chi connectivity index (χ4n) is 3.11. The number of rotatable bonds is 12. The standard InChI is InChI=1S/C21H24N4O8/c1-2-3-4-5-20(27)23(19(21(28)29)12-14-6-9-16(26)10-7-14)22-17-11-8-15(24(30)31)13-18(17)25(32)33/h6-11,13,19,22,26H,2-5,12H2,1H3,(H,28,29)/t19-/m0/s1. The van der Waals surface area contributed by atoms with Crippen molar-refractivity contribution < 1.29 is 29.6 Å². The summed E-state index contributed by atoms with van der Waals surface area (Å²) in [6.07, 6.45) is 1.89. The Kier molecular flexibility index (Phi) is 8.66. The van der Waals surface area contributed by atoms with E-state index in [0.717, 1.165) is 36.0 Å². The molecule has 12 heteroatoms. The molecule has 1 atom stereocenters. The number of aromatic hydroxyl groups is 1. The Bertz CT molecular complexity index is 1030. The number of hydrogen-bond acceptors (Lipinski definition) is 8. The zero-order valence-electron chi connectivity index (χ0n) is 17.8. The number of nitrogens with zero attached hydrogens (tertiary/aromatic N) is 3. The zero-order valence-corrected chi connectivity index (χ0v) is 17.8. The van der Waals surface area contributed by atoms with Gasteiger partial charge in [0, 0.05) is 18.9 Å². The summed E-state index contributed by atoms with van der Waals surface area (Å²) in [6, 6.07) is 7.11. The van der Waals surface area contributed by atoms with E-state index in [2.05, 4.69) is 5.43 Å². The lowest BCUT2D eigenvalue weighted by molar-refractivity contribution is -0.393. The van der Waals surface area contributed by atoms with Gasteiger partial charge in [0.05, 0.1) is 15.9 Å². The maximum absolute atomic E-state index is 13.0. The van der Waals surface area contributed by atoms with Gasteiger partial charge in [0.25, 0.3) is 5.69 Å². The van der Waals surface area contributed by atoms with Crippen molar-refractivity contribution in [1.82, 2.24) is 5.01 Å². The number of nitro benzene ring substituents is 2. The van der Waals surface area contributed by atoms with Gasteiger partial charge in [-0.15, -0.1) is 0 Å². The summed E-state index contributed by atoms with van der Waals surface area (Å²) >= 11 is 0. The van der Waals surface area contributed by atoms with Crippen LogP contribution in [0.25, 0.3) is 0 Å². The van der Waals surface area contributed by atoms with E-state index in [1.54, 1.807) is 0 Å². The molecular formula is C21H24N4O8. The highest BCUT2D eigenvalue weighted by atomic mass is 16.6. The van der Waals surface area contributed by atoms with Crippen LogP contribution in [0, 0.1) is 20.2 Å². The van der Waals surface area contributed by atoms with Crippen LogP contribution in [-0.2, 0) is 16.0 Å². The number of anilines is 1. The van der Waals surface area contributed by atoms with E-state index < -0.39 is 39.1 Å². The van der Waals surface area contributed by atoms with Crippen LogP contribution in [0.15, 0.2) is 42.5 Å². The van der Waals surface area contributed by atoms with E-state index in [1.807, 2.05) is 6.92 Å². The second-order valence-corrected chi connectivity index (χ2v) is 7.27. The van der Waals surface area contributed by atoms with E-state index in [9.17, 15) is 40.0 Å². The van der Waals surface area contributed by atoms with Crippen molar-refractivity contribution in [3.63, 3.8) is 0 Å². The number of nitro groups is 2. The smallest absolute Gasteiger partial charge is 0.328 e. The molecule has 0 aliphatic heterocycles. The van der Waals surface area contributed by atoms with Crippen LogP contribution in [0.4, 0.5) is 17.1 Å². The van der Waals surface area contributed by atoms with Crippen molar-refractivity contribution in [1.29, 1.82) is 0 Å². The summed E-state index contributed by atoms with van der Waals surface area (Å²) in [5, 5.41) is 42.6.